The lowest BCUT2D eigenvalue weighted by atomic mass is 9.95. The van der Waals surface area contributed by atoms with Crippen LogP contribution in [0.15, 0.2) is 48.7 Å². The van der Waals surface area contributed by atoms with Crippen LogP contribution in [-0.4, -0.2) is 35.6 Å². The lowest BCUT2D eigenvalue weighted by Gasteiger charge is -2.32. The zero-order valence-electron chi connectivity index (χ0n) is 13.9. The quantitative estimate of drug-likeness (QED) is 0.861. The van der Waals surface area contributed by atoms with Crippen LogP contribution in [0.1, 0.15) is 24.5 Å². The first-order valence-corrected chi connectivity index (χ1v) is 8.88. The van der Waals surface area contributed by atoms with E-state index in [0.717, 1.165) is 37.3 Å². The van der Waals surface area contributed by atoms with Gasteiger partial charge in [0.15, 0.2) is 0 Å². The highest BCUT2D eigenvalue weighted by Gasteiger charge is 2.25. The summed E-state index contributed by atoms with van der Waals surface area (Å²) in [5, 5.41) is 13.6. The molecule has 0 spiro atoms. The Hall–Kier alpha value is -2.11. The standard InChI is InChI=1S/C19H22ClN3O2/c20-16-6-7-18(21-12-16)23-10-8-15(9-11-23)19(25)22-13-17(24)14-4-2-1-3-5-14/h1-7,12,15,17,24H,8-11,13H2,(H,22,25). The van der Waals surface area contributed by atoms with Crippen molar-refractivity contribution in [2.45, 2.75) is 18.9 Å². The van der Waals surface area contributed by atoms with Crippen LogP contribution < -0.4 is 10.2 Å². The molecule has 0 radical (unpaired) electrons. The number of aliphatic hydroxyl groups excluding tert-OH is 1. The number of rotatable bonds is 5. The normalized spacial score (nSPS) is 16.5. The van der Waals surface area contributed by atoms with Gasteiger partial charge in [-0.05, 0) is 30.5 Å². The van der Waals surface area contributed by atoms with E-state index in [4.69, 9.17) is 11.6 Å². The maximum absolute atomic E-state index is 12.3. The van der Waals surface area contributed by atoms with Gasteiger partial charge in [0.1, 0.15) is 5.82 Å². The molecule has 2 aromatic rings. The van der Waals surface area contributed by atoms with Crippen LogP contribution in [0, 0.1) is 5.92 Å². The predicted octanol–water partition coefficient (Wildman–Crippen LogP) is 2.80. The summed E-state index contributed by atoms with van der Waals surface area (Å²) in [7, 11) is 0. The zero-order chi connectivity index (χ0) is 17.6. The summed E-state index contributed by atoms with van der Waals surface area (Å²) < 4.78 is 0. The van der Waals surface area contributed by atoms with Crippen LogP contribution in [0.4, 0.5) is 5.82 Å². The topological polar surface area (TPSA) is 65.5 Å². The summed E-state index contributed by atoms with van der Waals surface area (Å²) in [6.07, 6.45) is 2.51. The van der Waals surface area contributed by atoms with Crippen molar-refractivity contribution >= 4 is 23.3 Å². The summed E-state index contributed by atoms with van der Waals surface area (Å²) >= 11 is 5.87. The molecule has 1 aromatic heterocycles. The van der Waals surface area contributed by atoms with Gasteiger partial charge in [0, 0.05) is 31.7 Å². The Balaban J connectivity index is 1.46. The number of pyridine rings is 1. The van der Waals surface area contributed by atoms with Gasteiger partial charge in [-0.25, -0.2) is 4.98 Å². The molecule has 1 saturated heterocycles. The molecule has 1 aliphatic rings. The number of hydrogen-bond acceptors (Lipinski definition) is 4. The maximum Gasteiger partial charge on any atom is 0.223 e. The van der Waals surface area contributed by atoms with Gasteiger partial charge in [-0.2, -0.15) is 0 Å². The van der Waals surface area contributed by atoms with Crippen molar-refractivity contribution in [2.24, 2.45) is 5.92 Å². The fraction of sp³-hybridized carbons (Fsp3) is 0.368. The van der Waals surface area contributed by atoms with E-state index in [1.54, 1.807) is 6.20 Å². The summed E-state index contributed by atoms with van der Waals surface area (Å²) in [5.41, 5.74) is 0.812. The van der Waals surface area contributed by atoms with Gasteiger partial charge in [0.2, 0.25) is 5.91 Å². The lowest BCUT2D eigenvalue weighted by Crippen LogP contribution is -2.41. The summed E-state index contributed by atoms with van der Waals surface area (Å²) in [4.78, 5) is 18.8. The first-order valence-electron chi connectivity index (χ1n) is 8.50. The summed E-state index contributed by atoms with van der Waals surface area (Å²) in [6, 6.07) is 13.1. The van der Waals surface area contributed by atoms with Gasteiger partial charge in [-0.15, -0.1) is 0 Å². The molecule has 3 rings (SSSR count). The third kappa shape index (κ3) is 4.71. The van der Waals surface area contributed by atoms with E-state index in [2.05, 4.69) is 15.2 Å². The Morgan fingerprint density at radius 2 is 1.96 bits per heavy atom. The van der Waals surface area contributed by atoms with Crippen molar-refractivity contribution in [1.29, 1.82) is 0 Å². The molecule has 6 heteroatoms. The first kappa shape index (κ1) is 17.7. The van der Waals surface area contributed by atoms with E-state index in [0.29, 0.717) is 5.02 Å². The molecule has 1 unspecified atom stereocenters. The number of piperidine rings is 1. The van der Waals surface area contributed by atoms with E-state index in [-0.39, 0.29) is 18.4 Å². The second-order valence-corrected chi connectivity index (χ2v) is 6.70. The fourth-order valence-electron chi connectivity index (χ4n) is 3.06. The summed E-state index contributed by atoms with van der Waals surface area (Å²) in [6.45, 7) is 1.81. The van der Waals surface area contributed by atoms with Crippen LogP contribution in [0.3, 0.4) is 0 Å². The molecule has 2 N–H and O–H groups in total. The Kier molecular flexibility index (Phi) is 5.89. The van der Waals surface area contributed by atoms with E-state index in [9.17, 15) is 9.90 Å². The van der Waals surface area contributed by atoms with Crippen LogP contribution in [0.5, 0.6) is 0 Å². The average molecular weight is 360 g/mol. The third-order valence-electron chi connectivity index (χ3n) is 4.56. The smallest absolute Gasteiger partial charge is 0.223 e. The Morgan fingerprint density at radius 3 is 2.60 bits per heavy atom. The van der Waals surface area contributed by atoms with Crippen molar-refractivity contribution in [2.75, 3.05) is 24.5 Å². The maximum atomic E-state index is 12.3. The number of carbonyl (C=O) groups excluding carboxylic acids is 1. The first-order chi connectivity index (χ1) is 12.1. The van der Waals surface area contributed by atoms with E-state index in [1.165, 1.54) is 0 Å². The van der Waals surface area contributed by atoms with Crippen molar-refractivity contribution in [3.8, 4) is 0 Å². The highest BCUT2D eigenvalue weighted by Crippen LogP contribution is 2.23. The molecule has 1 aliphatic heterocycles. The van der Waals surface area contributed by atoms with Gasteiger partial charge in [0.25, 0.3) is 0 Å². The molecule has 0 aliphatic carbocycles. The number of carbonyl (C=O) groups is 1. The molecule has 0 bridgehead atoms. The highest BCUT2D eigenvalue weighted by atomic mass is 35.5. The molecule has 1 amide bonds. The summed E-state index contributed by atoms with van der Waals surface area (Å²) in [5.74, 6) is 0.882. The second-order valence-electron chi connectivity index (χ2n) is 6.27. The van der Waals surface area contributed by atoms with Crippen LogP contribution in [-0.2, 0) is 4.79 Å². The van der Waals surface area contributed by atoms with Crippen molar-refractivity contribution in [3.05, 3.63) is 59.2 Å². The number of nitrogens with one attached hydrogen (secondary N) is 1. The molecule has 0 saturated carbocycles. The molecule has 1 atom stereocenters. The molecule has 1 aromatic carbocycles. The van der Waals surface area contributed by atoms with Crippen molar-refractivity contribution in [3.63, 3.8) is 0 Å². The molecule has 2 heterocycles. The van der Waals surface area contributed by atoms with Crippen LogP contribution in [0.2, 0.25) is 5.02 Å². The fourth-order valence-corrected chi connectivity index (χ4v) is 3.17. The number of nitrogens with zero attached hydrogens (tertiary/aromatic N) is 2. The number of aliphatic hydroxyl groups is 1. The minimum atomic E-state index is -0.677. The highest BCUT2D eigenvalue weighted by molar-refractivity contribution is 6.30. The SMILES string of the molecule is O=C(NCC(O)c1ccccc1)C1CCN(c2ccc(Cl)cn2)CC1. The lowest BCUT2D eigenvalue weighted by molar-refractivity contribution is -0.126. The van der Waals surface area contributed by atoms with E-state index < -0.39 is 6.10 Å². The van der Waals surface area contributed by atoms with Gasteiger partial charge >= 0.3 is 0 Å². The van der Waals surface area contributed by atoms with Gasteiger partial charge in [-0.1, -0.05) is 41.9 Å². The molecule has 1 fully saturated rings. The Bertz CT molecular complexity index is 686. The van der Waals surface area contributed by atoms with Gasteiger partial charge in [0.05, 0.1) is 11.1 Å². The number of amides is 1. The largest absolute Gasteiger partial charge is 0.387 e. The Labute approximate surface area is 152 Å². The van der Waals surface area contributed by atoms with E-state index in [1.807, 2.05) is 42.5 Å². The van der Waals surface area contributed by atoms with Crippen LogP contribution >= 0.6 is 11.6 Å². The molecular weight excluding hydrogens is 338 g/mol. The number of hydrogen-bond donors (Lipinski definition) is 2. The number of benzene rings is 1. The monoisotopic (exact) mass is 359 g/mol. The molecule has 132 valence electrons. The molecule has 25 heavy (non-hydrogen) atoms. The third-order valence-corrected chi connectivity index (χ3v) is 4.78. The zero-order valence-corrected chi connectivity index (χ0v) is 14.7. The minimum absolute atomic E-state index is 0.0127. The van der Waals surface area contributed by atoms with Crippen molar-refractivity contribution in [1.82, 2.24) is 10.3 Å². The Morgan fingerprint density at radius 1 is 1.24 bits per heavy atom. The number of anilines is 1. The van der Waals surface area contributed by atoms with E-state index >= 15 is 0 Å². The second kappa shape index (κ2) is 8.32. The number of aromatic nitrogens is 1. The number of halogens is 1. The predicted molar refractivity (Wildman–Crippen MR) is 98.6 cm³/mol. The molecular formula is C19H22ClN3O2. The van der Waals surface area contributed by atoms with Gasteiger partial charge < -0.3 is 15.3 Å². The molecule has 5 nitrogen and oxygen atoms in total. The van der Waals surface area contributed by atoms with Crippen LogP contribution in [0.25, 0.3) is 0 Å². The van der Waals surface area contributed by atoms with Crippen molar-refractivity contribution < 1.29 is 9.90 Å². The van der Waals surface area contributed by atoms with Gasteiger partial charge in [-0.3, -0.25) is 4.79 Å². The minimum Gasteiger partial charge on any atom is -0.387 e. The average Bonchev–Trinajstić information content (AvgIpc) is 2.67.